The Morgan fingerprint density at radius 1 is 1.59 bits per heavy atom. The van der Waals surface area contributed by atoms with Gasteiger partial charge in [-0.25, -0.2) is 0 Å². The van der Waals surface area contributed by atoms with Crippen LogP contribution in [0.4, 0.5) is 0 Å². The molecule has 3 atom stereocenters. The average molecular weight is 290 g/mol. The van der Waals surface area contributed by atoms with Crippen molar-refractivity contribution in [1.29, 1.82) is 0 Å². The number of nitrogens with one attached hydrogen (secondary N) is 1. The van der Waals surface area contributed by atoms with E-state index < -0.39 is 0 Å². The molecule has 96 valence electrons. The van der Waals surface area contributed by atoms with E-state index in [-0.39, 0.29) is 0 Å². The minimum Gasteiger partial charge on any atom is -0.306 e. The number of thiophene rings is 1. The molecule has 0 aliphatic heterocycles. The fraction of sp³-hybridized carbons (Fsp3) is 0.692. The summed E-state index contributed by atoms with van der Waals surface area (Å²) in [7, 11) is 0. The molecule has 0 radical (unpaired) electrons. The Bertz CT molecular complexity index is 353. The minimum atomic E-state index is 0.418. The van der Waals surface area contributed by atoms with Gasteiger partial charge in [-0.1, -0.05) is 24.9 Å². The monoisotopic (exact) mass is 289 g/mol. The lowest BCUT2D eigenvalue weighted by atomic mass is 10.1. The van der Waals surface area contributed by atoms with E-state index in [1.54, 1.807) is 11.3 Å². The van der Waals surface area contributed by atoms with Gasteiger partial charge in [0.15, 0.2) is 0 Å². The van der Waals surface area contributed by atoms with Crippen molar-refractivity contribution >= 4 is 34.7 Å². The van der Waals surface area contributed by atoms with Crippen molar-refractivity contribution in [1.82, 2.24) is 5.32 Å². The van der Waals surface area contributed by atoms with E-state index in [1.807, 2.05) is 0 Å². The molecule has 1 saturated carbocycles. The van der Waals surface area contributed by atoms with Crippen LogP contribution in [-0.4, -0.2) is 17.0 Å². The van der Waals surface area contributed by atoms with Gasteiger partial charge in [-0.05, 0) is 42.5 Å². The Balaban J connectivity index is 1.91. The Labute approximate surface area is 117 Å². The lowest BCUT2D eigenvalue weighted by Gasteiger charge is -2.24. The van der Waals surface area contributed by atoms with Gasteiger partial charge in [-0.15, -0.1) is 11.3 Å². The van der Waals surface area contributed by atoms with E-state index in [0.29, 0.717) is 12.1 Å². The Morgan fingerprint density at radius 3 is 3.06 bits per heavy atom. The van der Waals surface area contributed by atoms with Gasteiger partial charge in [0.1, 0.15) is 0 Å². The fourth-order valence-corrected chi connectivity index (χ4v) is 4.69. The summed E-state index contributed by atoms with van der Waals surface area (Å²) < 4.78 is 0.888. The summed E-state index contributed by atoms with van der Waals surface area (Å²) in [6.07, 6.45) is 4.06. The molecule has 0 aromatic carbocycles. The normalized spacial score (nSPS) is 26.3. The van der Waals surface area contributed by atoms with Crippen molar-refractivity contribution in [3.63, 3.8) is 0 Å². The summed E-state index contributed by atoms with van der Waals surface area (Å²) in [6.45, 7) is 4.49. The second kappa shape index (κ2) is 6.46. The largest absolute Gasteiger partial charge is 0.306 e. The second-order valence-electron chi connectivity index (χ2n) is 4.60. The number of hydrogen-bond donors (Lipinski definition) is 1. The standard InChI is InChI=1S/C13H20ClNS2/c1-3-16-12-6-4-5-11(12)15-9(2)10-7-13(14)17-8-10/h7-9,11-12,15H,3-6H2,1-2H3. The summed E-state index contributed by atoms with van der Waals surface area (Å²) in [6, 6.07) is 3.18. The third kappa shape index (κ3) is 3.63. The molecule has 0 spiro atoms. The molecule has 0 bridgehead atoms. The molecular formula is C13H20ClNS2. The summed E-state index contributed by atoms with van der Waals surface area (Å²) in [5.74, 6) is 1.22. The van der Waals surface area contributed by atoms with Gasteiger partial charge >= 0.3 is 0 Å². The molecule has 0 saturated heterocycles. The quantitative estimate of drug-likeness (QED) is 0.841. The summed E-state index contributed by atoms with van der Waals surface area (Å²) in [4.78, 5) is 0. The zero-order chi connectivity index (χ0) is 12.3. The molecule has 1 heterocycles. The molecule has 17 heavy (non-hydrogen) atoms. The molecule has 1 aliphatic rings. The predicted molar refractivity (Wildman–Crippen MR) is 80.4 cm³/mol. The van der Waals surface area contributed by atoms with Crippen LogP contribution in [0, 0.1) is 0 Å². The first-order chi connectivity index (χ1) is 8.20. The van der Waals surface area contributed by atoms with Gasteiger partial charge in [0, 0.05) is 17.3 Å². The maximum Gasteiger partial charge on any atom is 0.0931 e. The first-order valence-corrected chi connectivity index (χ1v) is 8.63. The van der Waals surface area contributed by atoms with Gasteiger partial charge in [0.05, 0.1) is 4.34 Å². The van der Waals surface area contributed by atoms with Crippen LogP contribution >= 0.6 is 34.7 Å². The number of rotatable bonds is 5. The van der Waals surface area contributed by atoms with Crippen molar-refractivity contribution in [3.8, 4) is 0 Å². The fourth-order valence-electron chi connectivity index (χ4n) is 2.50. The number of halogens is 1. The molecule has 3 unspecified atom stereocenters. The van der Waals surface area contributed by atoms with E-state index in [4.69, 9.17) is 11.6 Å². The van der Waals surface area contributed by atoms with E-state index in [9.17, 15) is 0 Å². The topological polar surface area (TPSA) is 12.0 Å². The van der Waals surface area contributed by atoms with Crippen LogP contribution in [0.2, 0.25) is 4.34 Å². The van der Waals surface area contributed by atoms with Gasteiger partial charge in [-0.2, -0.15) is 11.8 Å². The first-order valence-electron chi connectivity index (χ1n) is 6.32. The van der Waals surface area contributed by atoms with Crippen molar-refractivity contribution in [2.75, 3.05) is 5.75 Å². The van der Waals surface area contributed by atoms with Crippen LogP contribution in [0.15, 0.2) is 11.4 Å². The highest BCUT2D eigenvalue weighted by Crippen LogP contribution is 2.32. The zero-order valence-electron chi connectivity index (χ0n) is 10.4. The van der Waals surface area contributed by atoms with Gasteiger partial charge in [0.25, 0.3) is 0 Å². The van der Waals surface area contributed by atoms with Crippen LogP contribution < -0.4 is 5.32 Å². The Hall–Kier alpha value is 0.300. The lowest BCUT2D eigenvalue weighted by molar-refractivity contribution is 0.468. The molecule has 4 heteroatoms. The second-order valence-corrected chi connectivity index (χ2v) is 7.66. The number of hydrogen-bond acceptors (Lipinski definition) is 3. The van der Waals surface area contributed by atoms with Crippen molar-refractivity contribution in [2.45, 2.75) is 50.4 Å². The minimum absolute atomic E-state index is 0.418. The van der Waals surface area contributed by atoms with Crippen molar-refractivity contribution in [2.24, 2.45) is 0 Å². The SMILES string of the molecule is CCSC1CCCC1NC(C)c1csc(Cl)c1. The van der Waals surface area contributed by atoms with Crippen LogP contribution in [0.25, 0.3) is 0 Å². The average Bonchev–Trinajstić information content (AvgIpc) is 2.89. The molecule has 1 nitrogen and oxygen atoms in total. The van der Waals surface area contributed by atoms with Gasteiger partial charge < -0.3 is 5.32 Å². The molecule has 1 fully saturated rings. The zero-order valence-corrected chi connectivity index (χ0v) is 12.8. The van der Waals surface area contributed by atoms with Crippen molar-refractivity contribution < 1.29 is 0 Å². The molecular weight excluding hydrogens is 270 g/mol. The van der Waals surface area contributed by atoms with Crippen molar-refractivity contribution in [3.05, 3.63) is 21.3 Å². The number of thioether (sulfide) groups is 1. The Kier molecular flexibility index (Phi) is 5.22. The van der Waals surface area contributed by atoms with Crippen LogP contribution in [0.3, 0.4) is 0 Å². The summed E-state index contributed by atoms with van der Waals surface area (Å²) >= 11 is 9.71. The van der Waals surface area contributed by atoms with E-state index >= 15 is 0 Å². The Morgan fingerprint density at radius 2 is 2.41 bits per heavy atom. The molecule has 1 N–H and O–H groups in total. The first kappa shape index (κ1) is 13.7. The third-order valence-electron chi connectivity index (χ3n) is 3.39. The highest BCUT2D eigenvalue weighted by atomic mass is 35.5. The maximum absolute atomic E-state index is 5.99. The molecule has 1 aliphatic carbocycles. The summed E-state index contributed by atoms with van der Waals surface area (Å²) in [5.41, 5.74) is 1.33. The van der Waals surface area contributed by atoms with Crippen LogP contribution in [-0.2, 0) is 0 Å². The van der Waals surface area contributed by atoms with Crippen LogP contribution in [0.5, 0.6) is 0 Å². The smallest absolute Gasteiger partial charge is 0.0931 e. The molecule has 0 amide bonds. The molecule has 2 rings (SSSR count). The molecule has 1 aromatic rings. The van der Waals surface area contributed by atoms with E-state index in [0.717, 1.165) is 9.59 Å². The highest BCUT2D eigenvalue weighted by Gasteiger charge is 2.28. The summed E-state index contributed by atoms with van der Waals surface area (Å²) in [5, 5.41) is 6.74. The third-order valence-corrected chi connectivity index (χ3v) is 5.82. The lowest BCUT2D eigenvalue weighted by Crippen LogP contribution is -2.35. The van der Waals surface area contributed by atoms with E-state index in [1.165, 1.54) is 30.6 Å². The predicted octanol–water partition coefficient (Wildman–Crippen LogP) is 4.73. The van der Waals surface area contributed by atoms with Gasteiger partial charge in [-0.3, -0.25) is 0 Å². The van der Waals surface area contributed by atoms with Gasteiger partial charge in [0.2, 0.25) is 0 Å². The van der Waals surface area contributed by atoms with E-state index in [2.05, 4.69) is 42.4 Å². The molecule has 1 aromatic heterocycles. The highest BCUT2D eigenvalue weighted by molar-refractivity contribution is 7.99. The van der Waals surface area contributed by atoms with Crippen LogP contribution in [0.1, 0.15) is 44.7 Å². The maximum atomic E-state index is 5.99.